The SMILES string of the molecule is Cc1cc(OC2CC(C)CC(C)(C)C2)ccc1/C(N)=N/O. The van der Waals surface area contributed by atoms with E-state index in [-0.39, 0.29) is 11.9 Å². The predicted octanol–water partition coefficient (Wildman–Crippen LogP) is 3.68. The van der Waals surface area contributed by atoms with Gasteiger partial charge in [-0.1, -0.05) is 25.9 Å². The van der Waals surface area contributed by atoms with Crippen molar-refractivity contribution < 1.29 is 9.94 Å². The average Bonchev–Trinajstić information content (AvgIpc) is 2.35. The third-order valence-corrected chi connectivity index (χ3v) is 4.23. The van der Waals surface area contributed by atoms with E-state index in [9.17, 15) is 0 Å². The molecular weight excluding hydrogens is 264 g/mol. The van der Waals surface area contributed by atoms with Gasteiger partial charge in [0.25, 0.3) is 0 Å². The number of benzene rings is 1. The monoisotopic (exact) mass is 290 g/mol. The number of amidine groups is 1. The second kappa shape index (κ2) is 5.96. The lowest BCUT2D eigenvalue weighted by molar-refractivity contribution is 0.0562. The molecular formula is C17H26N2O2. The van der Waals surface area contributed by atoms with Gasteiger partial charge in [-0.25, -0.2) is 0 Å². The van der Waals surface area contributed by atoms with Crippen molar-refractivity contribution in [3.05, 3.63) is 29.3 Å². The summed E-state index contributed by atoms with van der Waals surface area (Å²) in [6.07, 6.45) is 3.70. The highest BCUT2D eigenvalue weighted by Crippen LogP contribution is 2.40. The number of oxime groups is 1. The summed E-state index contributed by atoms with van der Waals surface area (Å²) in [5, 5.41) is 11.8. The van der Waals surface area contributed by atoms with E-state index in [1.165, 1.54) is 6.42 Å². The van der Waals surface area contributed by atoms with Crippen LogP contribution in [0.15, 0.2) is 23.4 Å². The van der Waals surface area contributed by atoms with E-state index in [2.05, 4.69) is 25.9 Å². The number of nitrogens with zero attached hydrogens (tertiary/aromatic N) is 1. The first-order chi connectivity index (χ1) is 9.80. The fourth-order valence-electron chi connectivity index (χ4n) is 3.59. The molecule has 2 atom stereocenters. The molecule has 0 saturated heterocycles. The highest BCUT2D eigenvalue weighted by molar-refractivity contribution is 5.98. The zero-order valence-corrected chi connectivity index (χ0v) is 13.4. The topological polar surface area (TPSA) is 67.8 Å². The first-order valence-corrected chi connectivity index (χ1v) is 7.56. The van der Waals surface area contributed by atoms with Crippen LogP contribution in [0.4, 0.5) is 0 Å². The van der Waals surface area contributed by atoms with Gasteiger partial charge in [0.15, 0.2) is 5.84 Å². The number of aryl methyl sites for hydroxylation is 1. The Kier molecular flexibility index (Phi) is 4.45. The summed E-state index contributed by atoms with van der Waals surface area (Å²) in [4.78, 5) is 0. The van der Waals surface area contributed by atoms with Gasteiger partial charge in [0.05, 0.1) is 6.10 Å². The average molecular weight is 290 g/mol. The highest BCUT2D eigenvalue weighted by atomic mass is 16.5. The minimum Gasteiger partial charge on any atom is -0.490 e. The van der Waals surface area contributed by atoms with Crippen LogP contribution in [0.25, 0.3) is 0 Å². The molecule has 3 N–H and O–H groups in total. The van der Waals surface area contributed by atoms with Gasteiger partial charge in [0.2, 0.25) is 0 Å². The van der Waals surface area contributed by atoms with E-state index in [1.54, 1.807) is 0 Å². The van der Waals surface area contributed by atoms with Crippen LogP contribution in [0.3, 0.4) is 0 Å². The second-order valence-corrected chi connectivity index (χ2v) is 7.12. The standard InChI is InChI=1S/C17H26N2O2/c1-11-7-14(10-17(3,4)9-11)21-13-5-6-15(12(2)8-13)16(18)19-20/h5-6,8,11,14,20H,7,9-10H2,1-4H3,(H2,18,19). The van der Waals surface area contributed by atoms with Crippen molar-refractivity contribution in [3.8, 4) is 5.75 Å². The van der Waals surface area contributed by atoms with Crippen molar-refractivity contribution in [2.75, 3.05) is 0 Å². The summed E-state index contributed by atoms with van der Waals surface area (Å²) >= 11 is 0. The van der Waals surface area contributed by atoms with E-state index >= 15 is 0 Å². The fourth-order valence-corrected chi connectivity index (χ4v) is 3.59. The summed E-state index contributed by atoms with van der Waals surface area (Å²) in [7, 11) is 0. The first-order valence-electron chi connectivity index (χ1n) is 7.56. The van der Waals surface area contributed by atoms with Gasteiger partial charge >= 0.3 is 0 Å². The maximum Gasteiger partial charge on any atom is 0.170 e. The summed E-state index contributed by atoms with van der Waals surface area (Å²) in [6, 6.07) is 5.70. The van der Waals surface area contributed by atoms with Crippen molar-refractivity contribution in [1.29, 1.82) is 0 Å². The summed E-state index contributed by atoms with van der Waals surface area (Å²) < 4.78 is 6.17. The largest absolute Gasteiger partial charge is 0.490 e. The Bertz CT molecular complexity index is 538. The molecule has 21 heavy (non-hydrogen) atoms. The Labute approximate surface area is 127 Å². The lowest BCUT2D eigenvalue weighted by atomic mass is 9.71. The van der Waals surface area contributed by atoms with Gasteiger partial charge in [0.1, 0.15) is 5.75 Å². The minimum absolute atomic E-state index is 0.131. The van der Waals surface area contributed by atoms with Crippen molar-refractivity contribution >= 4 is 5.84 Å². The zero-order valence-electron chi connectivity index (χ0n) is 13.4. The molecule has 4 heteroatoms. The molecule has 1 aromatic rings. The van der Waals surface area contributed by atoms with E-state index in [0.717, 1.165) is 29.7 Å². The molecule has 0 aromatic heterocycles. The van der Waals surface area contributed by atoms with E-state index in [0.29, 0.717) is 11.3 Å². The number of hydrogen-bond donors (Lipinski definition) is 2. The summed E-state index contributed by atoms with van der Waals surface area (Å²) in [5.74, 6) is 1.68. The Hall–Kier alpha value is -1.71. The summed E-state index contributed by atoms with van der Waals surface area (Å²) in [6.45, 7) is 8.86. The molecule has 2 rings (SSSR count). The second-order valence-electron chi connectivity index (χ2n) is 7.12. The van der Waals surface area contributed by atoms with Gasteiger partial charge in [-0.3, -0.25) is 0 Å². The number of nitrogens with two attached hydrogens (primary N) is 1. The maximum atomic E-state index is 8.76. The molecule has 4 nitrogen and oxygen atoms in total. The normalized spacial score (nSPS) is 25.6. The smallest absolute Gasteiger partial charge is 0.170 e. The number of rotatable bonds is 3. The lowest BCUT2D eigenvalue weighted by Gasteiger charge is -2.38. The number of hydrogen-bond acceptors (Lipinski definition) is 3. The molecule has 0 heterocycles. The third kappa shape index (κ3) is 3.90. The van der Waals surface area contributed by atoms with E-state index in [1.807, 2.05) is 25.1 Å². The summed E-state index contributed by atoms with van der Waals surface area (Å²) in [5.41, 5.74) is 7.67. The van der Waals surface area contributed by atoms with Crippen LogP contribution in [0, 0.1) is 18.3 Å². The molecule has 1 fully saturated rings. The Morgan fingerprint density at radius 3 is 2.67 bits per heavy atom. The molecule has 0 radical (unpaired) electrons. The van der Waals surface area contributed by atoms with Crippen LogP contribution in [0.1, 0.15) is 51.2 Å². The first kappa shape index (κ1) is 15.7. The molecule has 1 aromatic carbocycles. The predicted molar refractivity (Wildman–Crippen MR) is 84.9 cm³/mol. The van der Waals surface area contributed by atoms with Gasteiger partial charge < -0.3 is 15.7 Å². The zero-order chi connectivity index (χ0) is 15.6. The van der Waals surface area contributed by atoms with Crippen LogP contribution in [0.5, 0.6) is 5.75 Å². The Balaban J connectivity index is 2.12. The van der Waals surface area contributed by atoms with Crippen LogP contribution < -0.4 is 10.5 Å². The van der Waals surface area contributed by atoms with E-state index in [4.69, 9.17) is 15.7 Å². The fraction of sp³-hybridized carbons (Fsp3) is 0.588. The minimum atomic E-state index is 0.131. The van der Waals surface area contributed by atoms with Crippen LogP contribution >= 0.6 is 0 Å². The third-order valence-electron chi connectivity index (χ3n) is 4.23. The number of ether oxygens (including phenoxy) is 1. The quantitative estimate of drug-likeness (QED) is 0.386. The molecule has 1 aliphatic rings. The molecule has 0 bridgehead atoms. The van der Waals surface area contributed by atoms with Gasteiger partial charge in [-0.05, 0) is 61.3 Å². The molecule has 0 spiro atoms. The Morgan fingerprint density at radius 2 is 2.10 bits per heavy atom. The van der Waals surface area contributed by atoms with Crippen molar-refractivity contribution in [2.24, 2.45) is 22.2 Å². The molecule has 116 valence electrons. The molecule has 0 aliphatic heterocycles. The molecule has 0 amide bonds. The van der Waals surface area contributed by atoms with Gasteiger partial charge in [-0.2, -0.15) is 0 Å². The maximum absolute atomic E-state index is 8.76. The molecule has 1 saturated carbocycles. The molecule has 2 unspecified atom stereocenters. The van der Waals surface area contributed by atoms with Crippen molar-refractivity contribution in [1.82, 2.24) is 0 Å². The lowest BCUT2D eigenvalue weighted by Crippen LogP contribution is -2.34. The van der Waals surface area contributed by atoms with Crippen LogP contribution in [0.2, 0.25) is 0 Å². The highest BCUT2D eigenvalue weighted by Gasteiger charge is 2.33. The van der Waals surface area contributed by atoms with Crippen molar-refractivity contribution in [2.45, 2.75) is 53.1 Å². The molecule has 1 aliphatic carbocycles. The van der Waals surface area contributed by atoms with Crippen molar-refractivity contribution in [3.63, 3.8) is 0 Å². The van der Waals surface area contributed by atoms with Crippen LogP contribution in [-0.2, 0) is 0 Å². The van der Waals surface area contributed by atoms with Gasteiger partial charge in [0, 0.05) is 5.56 Å². The van der Waals surface area contributed by atoms with Gasteiger partial charge in [-0.15, -0.1) is 0 Å². The Morgan fingerprint density at radius 1 is 1.38 bits per heavy atom. The van der Waals surface area contributed by atoms with Crippen LogP contribution in [-0.4, -0.2) is 17.1 Å². The van der Waals surface area contributed by atoms with E-state index < -0.39 is 0 Å².